The van der Waals surface area contributed by atoms with E-state index in [9.17, 15) is 4.79 Å². The van der Waals surface area contributed by atoms with Gasteiger partial charge in [0.2, 0.25) is 0 Å². The quantitative estimate of drug-likeness (QED) is 0.406. The molecule has 3 aromatic rings. The zero-order valence-corrected chi connectivity index (χ0v) is 21.5. The standard InChI is InChI=1S/C21H24BrN3O3S2.ClH/c1-14-4-5-15(27-2)18-19(14)30-21(23-18)25(20(26)16-6-7-17(22)29-16)9-3-8-24-10-12-28-13-11-24;/h4-7H,3,8-13H2,1-2H3;1H. The summed E-state index contributed by atoms with van der Waals surface area (Å²) < 4.78 is 12.9. The van der Waals surface area contributed by atoms with Crippen molar-refractivity contribution >= 4 is 72.3 Å². The lowest BCUT2D eigenvalue weighted by Gasteiger charge is -2.27. The predicted octanol–water partition coefficient (Wildman–Crippen LogP) is 5.23. The van der Waals surface area contributed by atoms with Gasteiger partial charge >= 0.3 is 0 Å². The number of hydrogen-bond donors (Lipinski definition) is 0. The molecule has 1 saturated heterocycles. The number of carbonyl (C=O) groups is 1. The number of amides is 1. The fourth-order valence-corrected chi connectivity index (χ4v) is 5.91. The second kappa shape index (κ2) is 11.1. The summed E-state index contributed by atoms with van der Waals surface area (Å²) in [6.07, 6.45) is 0.879. The van der Waals surface area contributed by atoms with E-state index in [2.05, 4.69) is 27.8 Å². The lowest BCUT2D eigenvalue weighted by Crippen LogP contribution is -2.39. The Balaban J connectivity index is 0.00000272. The van der Waals surface area contributed by atoms with Crippen molar-refractivity contribution < 1.29 is 14.3 Å². The molecular weight excluding hydrogens is 522 g/mol. The Kier molecular flexibility index (Phi) is 8.72. The average Bonchev–Trinajstić information content (AvgIpc) is 3.39. The molecule has 0 atom stereocenters. The van der Waals surface area contributed by atoms with Crippen LogP contribution in [0.4, 0.5) is 5.13 Å². The largest absolute Gasteiger partial charge is 0.494 e. The number of halogens is 2. The van der Waals surface area contributed by atoms with Crippen molar-refractivity contribution in [2.75, 3.05) is 51.4 Å². The van der Waals surface area contributed by atoms with Gasteiger partial charge in [-0.05, 0) is 53.0 Å². The topological polar surface area (TPSA) is 54.9 Å². The summed E-state index contributed by atoms with van der Waals surface area (Å²) in [6.45, 7) is 7.07. The number of thiazole rings is 1. The molecule has 1 aromatic carbocycles. The molecule has 168 valence electrons. The van der Waals surface area contributed by atoms with E-state index in [1.54, 1.807) is 18.4 Å². The van der Waals surface area contributed by atoms with Gasteiger partial charge in [-0.25, -0.2) is 4.98 Å². The van der Waals surface area contributed by atoms with Crippen LogP contribution in [-0.2, 0) is 4.74 Å². The van der Waals surface area contributed by atoms with Crippen LogP contribution >= 0.6 is 51.0 Å². The van der Waals surface area contributed by atoms with Crippen molar-refractivity contribution in [2.45, 2.75) is 13.3 Å². The number of methoxy groups -OCH3 is 1. The summed E-state index contributed by atoms with van der Waals surface area (Å²) in [5, 5.41) is 0.717. The fraction of sp³-hybridized carbons (Fsp3) is 0.429. The summed E-state index contributed by atoms with van der Waals surface area (Å²) in [7, 11) is 1.65. The number of aryl methyl sites for hydroxylation is 1. The number of anilines is 1. The highest BCUT2D eigenvalue weighted by atomic mass is 79.9. The van der Waals surface area contributed by atoms with Crippen LogP contribution in [0.3, 0.4) is 0 Å². The minimum absolute atomic E-state index is 0. The van der Waals surface area contributed by atoms with E-state index in [0.717, 1.165) is 64.6 Å². The van der Waals surface area contributed by atoms with Crippen LogP contribution in [0.25, 0.3) is 10.2 Å². The predicted molar refractivity (Wildman–Crippen MR) is 134 cm³/mol. The fourth-order valence-electron chi connectivity index (χ4n) is 3.50. The molecule has 6 nitrogen and oxygen atoms in total. The molecule has 0 aliphatic carbocycles. The van der Waals surface area contributed by atoms with Crippen molar-refractivity contribution in [3.63, 3.8) is 0 Å². The van der Waals surface area contributed by atoms with Gasteiger partial charge in [0, 0.05) is 26.2 Å². The molecule has 0 N–H and O–H groups in total. The third kappa shape index (κ3) is 5.58. The van der Waals surface area contributed by atoms with Crippen molar-refractivity contribution in [3.05, 3.63) is 38.5 Å². The highest BCUT2D eigenvalue weighted by Crippen LogP contribution is 2.37. The average molecular weight is 547 g/mol. The first-order chi connectivity index (χ1) is 14.6. The number of rotatable bonds is 7. The van der Waals surface area contributed by atoms with Crippen LogP contribution < -0.4 is 9.64 Å². The number of ether oxygens (including phenoxy) is 2. The Hall–Kier alpha value is -1.23. The van der Waals surface area contributed by atoms with Crippen LogP contribution in [0.1, 0.15) is 21.7 Å². The molecule has 1 aliphatic heterocycles. The number of thiophene rings is 1. The van der Waals surface area contributed by atoms with Gasteiger partial charge in [-0.2, -0.15) is 0 Å². The number of carbonyl (C=O) groups excluding carboxylic acids is 1. The van der Waals surface area contributed by atoms with E-state index in [-0.39, 0.29) is 18.3 Å². The van der Waals surface area contributed by atoms with Crippen LogP contribution in [0.15, 0.2) is 28.1 Å². The van der Waals surface area contributed by atoms with Crippen molar-refractivity contribution in [1.29, 1.82) is 0 Å². The molecular formula is C21H25BrClN3O3S2. The first-order valence-corrected chi connectivity index (χ1v) is 12.3. The Bertz CT molecular complexity index is 1040. The Morgan fingerprint density at radius 3 is 2.71 bits per heavy atom. The van der Waals surface area contributed by atoms with Crippen molar-refractivity contribution in [1.82, 2.24) is 9.88 Å². The highest BCUT2D eigenvalue weighted by Gasteiger charge is 2.24. The second-order valence-corrected chi connectivity index (χ2v) is 10.6. The molecule has 3 heterocycles. The Morgan fingerprint density at radius 1 is 1.26 bits per heavy atom. The van der Waals surface area contributed by atoms with Gasteiger partial charge < -0.3 is 9.47 Å². The molecule has 1 amide bonds. The maximum absolute atomic E-state index is 13.4. The molecule has 10 heteroatoms. The van der Waals surface area contributed by atoms with E-state index < -0.39 is 0 Å². The Labute approximate surface area is 204 Å². The normalized spacial score (nSPS) is 14.4. The van der Waals surface area contributed by atoms with Crippen LogP contribution in [0.5, 0.6) is 5.75 Å². The third-order valence-corrected chi connectivity index (χ3v) is 7.96. The van der Waals surface area contributed by atoms with Gasteiger partial charge in [0.25, 0.3) is 5.91 Å². The molecule has 0 radical (unpaired) electrons. The summed E-state index contributed by atoms with van der Waals surface area (Å²) in [5.41, 5.74) is 1.95. The van der Waals surface area contributed by atoms with Crippen LogP contribution in [0, 0.1) is 6.92 Å². The minimum atomic E-state index is -0.0108. The van der Waals surface area contributed by atoms with E-state index in [4.69, 9.17) is 14.5 Å². The second-order valence-electron chi connectivity index (χ2n) is 7.13. The van der Waals surface area contributed by atoms with Crippen molar-refractivity contribution in [3.8, 4) is 5.75 Å². The van der Waals surface area contributed by atoms with Crippen LogP contribution in [0.2, 0.25) is 0 Å². The van der Waals surface area contributed by atoms with E-state index >= 15 is 0 Å². The first kappa shape index (κ1) is 24.4. The van der Waals surface area contributed by atoms with Crippen LogP contribution in [-0.4, -0.2) is 62.3 Å². The van der Waals surface area contributed by atoms with E-state index in [1.807, 2.05) is 29.2 Å². The summed E-state index contributed by atoms with van der Waals surface area (Å²) >= 11 is 6.47. The third-order valence-electron chi connectivity index (χ3n) is 5.13. The smallest absolute Gasteiger partial charge is 0.270 e. The molecule has 2 aromatic heterocycles. The lowest BCUT2D eigenvalue weighted by molar-refractivity contribution is 0.0376. The van der Waals surface area contributed by atoms with Gasteiger partial charge in [-0.15, -0.1) is 23.7 Å². The summed E-state index contributed by atoms with van der Waals surface area (Å²) in [5.74, 6) is 0.723. The lowest BCUT2D eigenvalue weighted by atomic mass is 10.2. The van der Waals surface area contributed by atoms with Gasteiger partial charge in [0.05, 0.1) is 33.7 Å². The molecule has 1 aliphatic rings. The number of aromatic nitrogens is 1. The summed E-state index contributed by atoms with van der Waals surface area (Å²) in [6, 6.07) is 7.74. The number of benzene rings is 1. The number of morpholine rings is 1. The number of hydrogen-bond acceptors (Lipinski definition) is 7. The number of fused-ring (bicyclic) bond motifs is 1. The van der Waals surface area contributed by atoms with E-state index in [0.29, 0.717) is 16.6 Å². The zero-order chi connectivity index (χ0) is 21.1. The van der Waals surface area contributed by atoms with Gasteiger partial charge in [-0.3, -0.25) is 14.6 Å². The van der Waals surface area contributed by atoms with Gasteiger partial charge in [-0.1, -0.05) is 17.4 Å². The molecule has 0 bridgehead atoms. The number of nitrogens with zero attached hydrogens (tertiary/aromatic N) is 3. The highest BCUT2D eigenvalue weighted by molar-refractivity contribution is 9.11. The summed E-state index contributed by atoms with van der Waals surface area (Å²) in [4.78, 5) is 23.1. The monoisotopic (exact) mass is 545 g/mol. The maximum atomic E-state index is 13.4. The van der Waals surface area contributed by atoms with Gasteiger partial charge in [0.15, 0.2) is 5.13 Å². The molecule has 4 rings (SSSR count). The first-order valence-electron chi connectivity index (χ1n) is 9.88. The molecule has 0 spiro atoms. The molecule has 0 saturated carbocycles. The minimum Gasteiger partial charge on any atom is -0.494 e. The zero-order valence-electron chi connectivity index (χ0n) is 17.4. The molecule has 31 heavy (non-hydrogen) atoms. The maximum Gasteiger partial charge on any atom is 0.270 e. The van der Waals surface area contributed by atoms with Crippen molar-refractivity contribution in [2.24, 2.45) is 0 Å². The van der Waals surface area contributed by atoms with Gasteiger partial charge in [0.1, 0.15) is 11.3 Å². The Morgan fingerprint density at radius 2 is 2.03 bits per heavy atom. The SMILES string of the molecule is COc1ccc(C)c2sc(N(CCCN3CCOCC3)C(=O)c3ccc(Br)s3)nc12.Cl. The molecule has 0 unspecified atom stereocenters. The molecule has 1 fully saturated rings. The van der Waals surface area contributed by atoms with E-state index in [1.165, 1.54) is 11.3 Å².